The van der Waals surface area contributed by atoms with Gasteiger partial charge in [-0.3, -0.25) is 4.90 Å². The molecule has 2 aromatic rings. The van der Waals surface area contributed by atoms with Gasteiger partial charge in [0.05, 0.1) is 14.2 Å². The maximum absolute atomic E-state index is 5.43. The summed E-state index contributed by atoms with van der Waals surface area (Å²) in [6.45, 7) is 4.21. The third-order valence-electron chi connectivity index (χ3n) is 5.21. The Bertz CT molecular complexity index is 789. The zero-order valence-electron chi connectivity index (χ0n) is 17.4. The lowest BCUT2D eigenvalue weighted by Gasteiger charge is -2.26. The first-order valence-corrected chi connectivity index (χ1v) is 10.7. The third-order valence-corrected chi connectivity index (χ3v) is 5.46. The van der Waals surface area contributed by atoms with E-state index in [2.05, 4.69) is 39.8 Å². The number of likely N-dealkylation sites (tertiary alicyclic amines) is 1. The van der Waals surface area contributed by atoms with E-state index >= 15 is 0 Å². The van der Waals surface area contributed by atoms with Crippen LogP contribution < -0.4 is 20.1 Å². The molecule has 0 aliphatic carbocycles. The molecular formula is C23H31N3O2S. The van der Waals surface area contributed by atoms with Crippen molar-refractivity contribution in [1.82, 2.24) is 10.2 Å². The SMILES string of the molecule is COc1ccc(CCNC(=S)Nc2ccc(CN3CCCCC3)cc2)cc1OC. The Balaban J connectivity index is 1.42. The van der Waals surface area contributed by atoms with Crippen LogP contribution >= 0.6 is 12.2 Å². The number of benzene rings is 2. The number of hydrogen-bond donors (Lipinski definition) is 2. The van der Waals surface area contributed by atoms with Gasteiger partial charge in [0.25, 0.3) is 0 Å². The minimum Gasteiger partial charge on any atom is -0.493 e. The van der Waals surface area contributed by atoms with E-state index in [9.17, 15) is 0 Å². The van der Waals surface area contributed by atoms with Gasteiger partial charge in [0, 0.05) is 18.8 Å². The second kappa shape index (κ2) is 11.0. The minimum atomic E-state index is 0.634. The predicted molar refractivity (Wildman–Crippen MR) is 123 cm³/mol. The summed E-state index contributed by atoms with van der Waals surface area (Å²) >= 11 is 5.43. The number of thiocarbonyl (C=S) groups is 1. The summed E-state index contributed by atoms with van der Waals surface area (Å²) in [6, 6.07) is 14.5. The van der Waals surface area contributed by atoms with Crippen molar-refractivity contribution in [3.05, 3.63) is 53.6 Å². The quantitative estimate of drug-likeness (QED) is 0.632. The van der Waals surface area contributed by atoms with Gasteiger partial charge in [-0.25, -0.2) is 0 Å². The van der Waals surface area contributed by atoms with Crippen LogP contribution in [0, 0.1) is 0 Å². The summed E-state index contributed by atoms with van der Waals surface area (Å²) in [7, 11) is 3.29. The standard InChI is InChI=1S/C23H31N3O2S/c1-27-21-11-8-18(16-22(21)28-2)12-13-24-23(29)25-20-9-6-19(7-10-20)17-26-14-4-3-5-15-26/h6-11,16H,3-5,12-15,17H2,1-2H3,(H2,24,25,29). The summed E-state index contributed by atoms with van der Waals surface area (Å²) in [6.07, 6.45) is 4.86. The molecule has 0 unspecified atom stereocenters. The monoisotopic (exact) mass is 413 g/mol. The van der Waals surface area contributed by atoms with Crippen LogP contribution in [0.5, 0.6) is 11.5 Å². The van der Waals surface area contributed by atoms with E-state index < -0.39 is 0 Å². The maximum atomic E-state index is 5.43. The molecule has 0 saturated carbocycles. The van der Waals surface area contributed by atoms with Gasteiger partial charge in [-0.15, -0.1) is 0 Å². The van der Waals surface area contributed by atoms with Crippen molar-refractivity contribution in [2.45, 2.75) is 32.2 Å². The highest BCUT2D eigenvalue weighted by Crippen LogP contribution is 2.27. The van der Waals surface area contributed by atoms with E-state index in [-0.39, 0.29) is 0 Å². The van der Waals surface area contributed by atoms with Gasteiger partial charge in [-0.1, -0.05) is 24.6 Å². The largest absolute Gasteiger partial charge is 0.493 e. The number of methoxy groups -OCH3 is 2. The lowest BCUT2D eigenvalue weighted by Crippen LogP contribution is -2.30. The Morgan fingerprint density at radius 3 is 2.31 bits per heavy atom. The second-order valence-electron chi connectivity index (χ2n) is 7.35. The molecular weight excluding hydrogens is 382 g/mol. The van der Waals surface area contributed by atoms with Crippen LogP contribution in [0.4, 0.5) is 5.69 Å². The zero-order chi connectivity index (χ0) is 20.5. The average molecular weight is 414 g/mol. The van der Waals surface area contributed by atoms with Crippen molar-refractivity contribution in [3.63, 3.8) is 0 Å². The summed E-state index contributed by atoms with van der Waals surface area (Å²) < 4.78 is 10.6. The molecule has 0 spiro atoms. The highest BCUT2D eigenvalue weighted by atomic mass is 32.1. The first kappa shape index (κ1) is 21.4. The van der Waals surface area contributed by atoms with E-state index in [1.165, 1.54) is 43.5 Å². The number of rotatable bonds is 8. The summed E-state index contributed by atoms with van der Waals surface area (Å²) in [4.78, 5) is 2.53. The molecule has 0 radical (unpaired) electrons. The average Bonchev–Trinajstić information content (AvgIpc) is 2.75. The molecule has 2 aromatic carbocycles. The first-order valence-electron chi connectivity index (χ1n) is 10.2. The first-order chi connectivity index (χ1) is 14.2. The fourth-order valence-corrected chi connectivity index (χ4v) is 3.82. The fraction of sp³-hybridized carbons (Fsp3) is 0.435. The van der Waals surface area contributed by atoms with Crippen LogP contribution in [0.2, 0.25) is 0 Å². The lowest BCUT2D eigenvalue weighted by molar-refractivity contribution is 0.221. The Labute approximate surface area is 179 Å². The molecule has 0 amide bonds. The van der Waals surface area contributed by atoms with Crippen LogP contribution in [0.3, 0.4) is 0 Å². The van der Waals surface area contributed by atoms with Gasteiger partial charge < -0.3 is 20.1 Å². The van der Waals surface area contributed by atoms with Crippen LogP contribution in [-0.2, 0) is 13.0 Å². The number of nitrogens with zero attached hydrogens (tertiary/aromatic N) is 1. The second-order valence-corrected chi connectivity index (χ2v) is 7.76. The molecule has 0 aromatic heterocycles. The van der Waals surface area contributed by atoms with Gasteiger partial charge in [0.1, 0.15) is 0 Å². The van der Waals surface area contributed by atoms with Crippen LogP contribution in [0.1, 0.15) is 30.4 Å². The van der Waals surface area contributed by atoms with Crippen molar-refractivity contribution in [3.8, 4) is 11.5 Å². The maximum Gasteiger partial charge on any atom is 0.170 e. The third kappa shape index (κ3) is 6.61. The van der Waals surface area contributed by atoms with E-state index in [1.54, 1.807) is 14.2 Å². The van der Waals surface area contributed by atoms with E-state index in [0.717, 1.165) is 36.7 Å². The van der Waals surface area contributed by atoms with Crippen LogP contribution in [0.15, 0.2) is 42.5 Å². The summed E-state index contributed by atoms with van der Waals surface area (Å²) in [5, 5.41) is 7.16. The smallest absolute Gasteiger partial charge is 0.170 e. The Hall–Kier alpha value is -2.31. The van der Waals surface area contributed by atoms with Crippen molar-refractivity contribution in [1.29, 1.82) is 0 Å². The van der Waals surface area contributed by atoms with Gasteiger partial charge in [0.2, 0.25) is 0 Å². The van der Waals surface area contributed by atoms with Crippen LogP contribution in [0.25, 0.3) is 0 Å². The van der Waals surface area contributed by atoms with Gasteiger partial charge in [-0.2, -0.15) is 0 Å². The molecule has 1 aliphatic heterocycles. The van der Waals surface area contributed by atoms with Crippen LogP contribution in [-0.4, -0.2) is 43.9 Å². The number of nitrogens with one attached hydrogen (secondary N) is 2. The normalized spacial score (nSPS) is 14.3. The molecule has 1 aliphatic rings. The molecule has 29 heavy (non-hydrogen) atoms. The number of anilines is 1. The van der Waals surface area contributed by atoms with E-state index in [4.69, 9.17) is 21.7 Å². The van der Waals surface area contributed by atoms with E-state index in [1.807, 2.05) is 18.2 Å². The molecule has 3 rings (SSSR count). The molecule has 0 atom stereocenters. The molecule has 6 heteroatoms. The lowest BCUT2D eigenvalue weighted by atomic mass is 10.1. The molecule has 156 valence electrons. The van der Waals surface area contributed by atoms with Gasteiger partial charge in [-0.05, 0) is 80.0 Å². The molecule has 1 saturated heterocycles. The Morgan fingerprint density at radius 1 is 0.931 bits per heavy atom. The Kier molecular flexibility index (Phi) is 8.14. The summed E-state index contributed by atoms with van der Waals surface area (Å²) in [5.41, 5.74) is 3.53. The number of piperidine rings is 1. The molecule has 1 fully saturated rings. The summed E-state index contributed by atoms with van der Waals surface area (Å²) in [5.74, 6) is 1.49. The molecule has 5 nitrogen and oxygen atoms in total. The predicted octanol–water partition coefficient (Wildman–Crippen LogP) is 4.22. The zero-order valence-corrected chi connectivity index (χ0v) is 18.2. The van der Waals surface area contributed by atoms with Crippen molar-refractivity contribution < 1.29 is 9.47 Å². The Morgan fingerprint density at radius 2 is 1.62 bits per heavy atom. The molecule has 2 N–H and O–H groups in total. The minimum absolute atomic E-state index is 0.634. The van der Waals surface area contributed by atoms with Crippen molar-refractivity contribution in [2.75, 3.05) is 39.2 Å². The van der Waals surface area contributed by atoms with E-state index in [0.29, 0.717) is 5.11 Å². The van der Waals surface area contributed by atoms with Gasteiger partial charge >= 0.3 is 0 Å². The molecule has 1 heterocycles. The number of hydrogen-bond acceptors (Lipinski definition) is 4. The number of ether oxygens (including phenoxy) is 2. The topological polar surface area (TPSA) is 45.8 Å². The highest BCUT2D eigenvalue weighted by molar-refractivity contribution is 7.80. The highest BCUT2D eigenvalue weighted by Gasteiger charge is 2.10. The molecule has 0 bridgehead atoms. The van der Waals surface area contributed by atoms with Gasteiger partial charge in [0.15, 0.2) is 16.6 Å². The fourth-order valence-electron chi connectivity index (χ4n) is 3.60. The van der Waals surface area contributed by atoms with Crippen molar-refractivity contribution in [2.24, 2.45) is 0 Å². The van der Waals surface area contributed by atoms with Crippen molar-refractivity contribution >= 4 is 23.0 Å².